The molecular formula is C12H13N3O3. The summed E-state index contributed by atoms with van der Waals surface area (Å²) < 4.78 is 5.20. The van der Waals surface area contributed by atoms with E-state index in [1.807, 2.05) is 13.0 Å². The minimum atomic E-state index is -0.457. The van der Waals surface area contributed by atoms with Crippen LogP contribution in [-0.4, -0.2) is 22.0 Å². The number of rotatable bonds is 3. The SMILES string of the molecule is COC(C)c1c([N+](=O)[O-])cnc2ccc(C)nc12. The van der Waals surface area contributed by atoms with Gasteiger partial charge in [-0.15, -0.1) is 0 Å². The molecule has 0 amide bonds. The summed E-state index contributed by atoms with van der Waals surface area (Å²) in [4.78, 5) is 19.0. The Balaban J connectivity index is 2.83. The van der Waals surface area contributed by atoms with Crippen molar-refractivity contribution in [3.8, 4) is 0 Å². The highest BCUT2D eigenvalue weighted by atomic mass is 16.6. The summed E-state index contributed by atoms with van der Waals surface area (Å²) in [7, 11) is 1.51. The van der Waals surface area contributed by atoms with Crippen LogP contribution in [0.4, 0.5) is 5.69 Å². The van der Waals surface area contributed by atoms with E-state index in [0.29, 0.717) is 16.6 Å². The lowest BCUT2D eigenvalue weighted by atomic mass is 10.1. The van der Waals surface area contributed by atoms with Gasteiger partial charge in [0.1, 0.15) is 11.7 Å². The molecule has 0 aliphatic heterocycles. The molecule has 0 bridgehead atoms. The number of methoxy groups -OCH3 is 1. The van der Waals surface area contributed by atoms with Crippen LogP contribution < -0.4 is 0 Å². The second-order valence-corrected chi connectivity index (χ2v) is 4.01. The van der Waals surface area contributed by atoms with Gasteiger partial charge in [-0.25, -0.2) is 4.98 Å². The van der Waals surface area contributed by atoms with Crippen LogP contribution in [0.2, 0.25) is 0 Å². The van der Waals surface area contributed by atoms with Gasteiger partial charge < -0.3 is 4.74 Å². The van der Waals surface area contributed by atoms with Crippen molar-refractivity contribution < 1.29 is 9.66 Å². The number of aromatic nitrogens is 2. The van der Waals surface area contributed by atoms with Gasteiger partial charge in [-0.2, -0.15) is 0 Å². The molecular weight excluding hydrogens is 234 g/mol. The summed E-state index contributed by atoms with van der Waals surface area (Å²) in [5, 5.41) is 11.1. The Bertz CT molecular complexity index is 613. The first-order chi connectivity index (χ1) is 8.54. The Morgan fingerprint density at radius 2 is 2.17 bits per heavy atom. The van der Waals surface area contributed by atoms with E-state index in [2.05, 4.69) is 9.97 Å². The predicted molar refractivity (Wildman–Crippen MR) is 66.4 cm³/mol. The van der Waals surface area contributed by atoms with Crippen molar-refractivity contribution in [1.82, 2.24) is 9.97 Å². The zero-order chi connectivity index (χ0) is 13.3. The lowest BCUT2D eigenvalue weighted by molar-refractivity contribution is -0.386. The zero-order valence-electron chi connectivity index (χ0n) is 10.4. The highest BCUT2D eigenvalue weighted by Gasteiger charge is 2.23. The first-order valence-corrected chi connectivity index (χ1v) is 5.48. The molecule has 6 nitrogen and oxygen atoms in total. The van der Waals surface area contributed by atoms with Crippen molar-refractivity contribution in [2.75, 3.05) is 7.11 Å². The van der Waals surface area contributed by atoms with Crippen molar-refractivity contribution in [2.24, 2.45) is 0 Å². The van der Waals surface area contributed by atoms with Gasteiger partial charge in [0.05, 0.1) is 22.1 Å². The van der Waals surface area contributed by atoms with Crippen LogP contribution in [-0.2, 0) is 4.74 Å². The summed E-state index contributed by atoms with van der Waals surface area (Å²) in [6, 6.07) is 3.62. The number of nitrogens with zero attached hydrogens (tertiary/aromatic N) is 3. The third kappa shape index (κ3) is 2.02. The number of hydrogen-bond donors (Lipinski definition) is 0. The molecule has 0 N–H and O–H groups in total. The molecule has 0 fully saturated rings. The quantitative estimate of drug-likeness (QED) is 0.615. The molecule has 0 spiro atoms. The lowest BCUT2D eigenvalue weighted by Crippen LogP contribution is -2.05. The molecule has 94 valence electrons. The van der Waals surface area contributed by atoms with Crippen molar-refractivity contribution in [3.05, 3.63) is 39.7 Å². The highest BCUT2D eigenvalue weighted by molar-refractivity contribution is 5.81. The Morgan fingerprint density at radius 1 is 1.44 bits per heavy atom. The molecule has 0 saturated carbocycles. The van der Waals surface area contributed by atoms with Crippen LogP contribution in [0.25, 0.3) is 11.0 Å². The van der Waals surface area contributed by atoms with E-state index in [-0.39, 0.29) is 5.69 Å². The van der Waals surface area contributed by atoms with Crippen LogP contribution in [0.5, 0.6) is 0 Å². The summed E-state index contributed by atoms with van der Waals surface area (Å²) in [6.07, 6.45) is 0.842. The van der Waals surface area contributed by atoms with E-state index in [9.17, 15) is 10.1 Å². The first kappa shape index (κ1) is 12.4. The molecule has 0 aromatic carbocycles. The van der Waals surface area contributed by atoms with Gasteiger partial charge >= 0.3 is 0 Å². The average molecular weight is 247 g/mol. The molecule has 1 atom stereocenters. The Labute approximate surface area is 104 Å². The number of hydrogen-bond acceptors (Lipinski definition) is 5. The molecule has 2 aromatic rings. The van der Waals surface area contributed by atoms with Crippen molar-refractivity contribution in [1.29, 1.82) is 0 Å². The summed E-state index contributed by atoms with van der Waals surface area (Å²) >= 11 is 0. The summed E-state index contributed by atoms with van der Waals surface area (Å²) in [6.45, 7) is 3.59. The molecule has 2 heterocycles. The second kappa shape index (κ2) is 4.66. The normalized spacial score (nSPS) is 12.6. The Hall–Kier alpha value is -2.08. The molecule has 0 aliphatic rings. The Kier molecular flexibility index (Phi) is 3.20. The molecule has 0 saturated heterocycles. The van der Waals surface area contributed by atoms with Crippen LogP contribution in [0.3, 0.4) is 0 Å². The molecule has 0 radical (unpaired) electrons. The van der Waals surface area contributed by atoms with E-state index >= 15 is 0 Å². The molecule has 2 aromatic heterocycles. The number of fused-ring (bicyclic) bond motifs is 1. The van der Waals surface area contributed by atoms with Crippen LogP contribution in [0.1, 0.15) is 24.3 Å². The minimum Gasteiger partial charge on any atom is -0.377 e. The van der Waals surface area contributed by atoms with Crippen molar-refractivity contribution in [3.63, 3.8) is 0 Å². The molecule has 1 unspecified atom stereocenters. The zero-order valence-corrected chi connectivity index (χ0v) is 10.4. The van der Waals surface area contributed by atoms with Crippen LogP contribution in [0, 0.1) is 17.0 Å². The van der Waals surface area contributed by atoms with Gasteiger partial charge in [-0.05, 0) is 26.0 Å². The fourth-order valence-electron chi connectivity index (χ4n) is 1.84. The largest absolute Gasteiger partial charge is 0.377 e. The predicted octanol–water partition coefficient (Wildman–Crippen LogP) is 2.55. The maximum Gasteiger partial charge on any atom is 0.295 e. The second-order valence-electron chi connectivity index (χ2n) is 4.01. The van der Waals surface area contributed by atoms with E-state index in [4.69, 9.17) is 4.74 Å². The summed E-state index contributed by atoms with van der Waals surface area (Å²) in [5.41, 5.74) is 2.35. The monoisotopic (exact) mass is 247 g/mol. The van der Waals surface area contributed by atoms with E-state index < -0.39 is 11.0 Å². The first-order valence-electron chi connectivity index (χ1n) is 5.48. The lowest BCUT2D eigenvalue weighted by Gasteiger charge is -2.12. The number of aryl methyl sites for hydroxylation is 1. The van der Waals surface area contributed by atoms with E-state index in [1.165, 1.54) is 13.3 Å². The van der Waals surface area contributed by atoms with Gasteiger partial charge in [0, 0.05) is 12.8 Å². The smallest absolute Gasteiger partial charge is 0.295 e. The standard InChI is InChI=1S/C12H13N3O3/c1-7-4-5-9-12(14-7)11(8(2)18-3)10(6-13-9)15(16)17/h4-6,8H,1-3H3. The molecule has 0 aliphatic carbocycles. The van der Waals surface area contributed by atoms with Crippen LogP contribution >= 0.6 is 0 Å². The number of pyridine rings is 2. The average Bonchev–Trinajstić information content (AvgIpc) is 2.36. The van der Waals surface area contributed by atoms with Crippen molar-refractivity contribution in [2.45, 2.75) is 20.0 Å². The van der Waals surface area contributed by atoms with Gasteiger partial charge in [0.25, 0.3) is 5.69 Å². The van der Waals surface area contributed by atoms with E-state index in [0.717, 1.165) is 5.69 Å². The number of ether oxygens (including phenoxy) is 1. The summed E-state index contributed by atoms with van der Waals surface area (Å²) in [5.74, 6) is 0. The van der Waals surface area contributed by atoms with Gasteiger partial charge in [0.15, 0.2) is 0 Å². The topological polar surface area (TPSA) is 78.2 Å². The van der Waals surface area contributed by atoms with Gasteiger partial charge in [-0.1, -0.05) is 0 Å². The van der Waals surface area contributed by atoms with Crippen LogP contribution in [0.15, 0.2) is 18.3 Å². The molecule has 6 heteroatoms. The minimum absolute atomic E-state index is 0.0602. The van der Waals surface area contributed by atoms with Crippen molar-refractivity contribution >= 4 is 16.7 Å². The third-order valence-corrected chi connectivity index (χ3v) is 2.83. The molecule has 2 rings (SSSR count). The number of nitro groups is 1. The Morgan fingerprint density at radius 3 is 2.78 bits per heavy atom. The van der Waals surface area contributed by atoms with E-state index in [1.54, 1.807) is 13.0 Å². The van der Waals surface area contributed by atoms with Gasteiger partial charge in [-0.3, -0.25) is 15.1 Å². The highest BCUT2D eigenvalue weighted by Crippen LogP contribution is 2.31. The fourth-order valence-corrected chi connectivity index (χ4v) is 1.84. The third-order valence-electron chi connectivity index (χ3n) is 2.83. The fraction of sp³-hybridized carbons (Fsp3) is 0.333. The maximum absolute atomic E-state index is 11.1. The van der Waals surface area contributed by atoms with Gasteiger partial charge in [0.2, 0.25) is 0 Å². The molecule has 18 heavy (non-hydrogen) atoms. The maximum atomic E-state index is 11.1.